The molecule has 2 aromatic heterocycles. The largest absolute Gasteiger partial charge is 0.326 e. The Morgan fingerprint density at radius 2 is 1.86 bits per heavy atom. The summed E-state index contributed by atoms with van der Waals surface area (Å²) in [6.07, 6.45) is 10.7. The Morgan fingerprint density at radius 3 is 2.52 bits per heavy atom. The van der Waals surface area contributed by atoms with Crippen LogP contribution in [0.25, 0.3) is 16.2 Å². The average Bonchev–Trinajstić information content (AvgIpc) is 3.21. The first-order chi connectivity index (χ1) is 13.6. The molecule has 0 saturated heterocycles. The zero-order chi connectivity index (χ0) is 18.9. The fourth-order valence-electron chi connectivity index (χ4n) is 6.63. The van der Waals surface area contributed by atoms with Gasteiger partial charge >= 0.3 is 0 Å². The summed E-state index contributed by atoms with van der Waals surface area (Å²) in [5.74, 6) is 2.75. The molecule has 152 valence electrons. The monoisotopic (exact) mass is 427 g/mol. The predicted molar refractivity (Wildman–Crippen MR) is 120 cm³/mol. The van der Waals surface area contributed by atoms with Crippen LogP contribution in [0.2, 0.25) is 0 Å². The highest BCUT2D eigenvalue weighted by atomic mass is 35.5. The number of hydrogen-bond acceptors (Lipinski definition) is 3. The molecule has 3 aromatic rings. The SMILES string of the molecule is CC(=O)Nc1cccc(-c2csc3nc(C45CC6CC(CC(C6)C4)C5)cn23)c1.Cl. The number of imidazole rings is 1. The molecule has 4 aliphatic rings. The lowest BCUT2D eigenvalue weighted by atomic mass is 9.49. The molecule has 1 N–H and O–H groups in total. The van der Waals surface area contributed by atoms with Gasteiger partial charge in [-0.15, -0.1) is 23.7 Å². The predicted octanol–water partition coefficient (Wildman–Crippen LogP) is 5.91. The number of anilines is 1. The number of carbonyl (C=O) groups excluding carboxylic acids is 1. The van der Waals surface area contributed by atoms with E-state index in [2.05, 4.69) is 27.4 Å². The molecule has 4 saturated carbocycles. The molecule has 0 unspecified atom stereocenters. The fraction of sp³-hybridized carbons (Fsp3) is 0.478. The summed E-state index contributed by atoms with van der Waals surface area (Å²) < 4.78 is 2.27. The topological polar surface area (TPSA) is 46.4 Å². The number of nitrogens with one attached hydrogen (secondary N) is 1. The number of amides is 1. The van der Waals surface area contributed by atoms with E-state index in [1.807, 2.05) is 18.2 Å². The van der Waals surface area contributed by atoms with Gasteiger partial charge in [-0.2, -0.15) is 0 Å². The summed E-state index contributed by atoms with van der Waals surface area (Å²) in [5.41, 5.74) is 4.78. The molecule has 0 radical (unpaired) electrons. The van der Waals surface area contributed by atoms with E-state index in [0.29, 0.717) is 5.41 Å². The summed E-state index contributed by atoms with van der Waals surface area (Å²) in [6.45, 7) is 1.54. The van der Waals surface area contributed by atoms with Crippen molar-refractivity contribution in [2.75, 3.05) is 5.32 Å². The van der Waals surface area contributed by atoms with Crippen molar-refractivity contribution in [1.82, 2.24) is 9.38 Å². The van der Waals surface area contributed by atoms with Crippen LogP contribution in [0.5, 0.6) is 0 Å². The van der Waals surface area contributed by atoms with Gasteiger partial charge in [-0.3, -0.25) is 9.20 Å². The van der Waals surface area contributed by atoms with Gasteiger partial charge in [0, 0.05) is 35.2 Å². The van der Waals surface area contributed by atoms with E-state index >= 15 is 0 Å². The quantitative estimate of drug-likeness (QED) is 0.564. The maximum Gasteiger partial charge on any atom is 0.221 e. The molecule has 29 heavy (non-hydrogen) atoms. The van der Waals surface area contributed by atoms with E-state index in [4.69, 9.17) is 4.98 Å². The summed E-state index contributed by atoms with van der Waals surface area (Å²) in [6, 6.07) is 8.09. The van der Waals surface area contributed by atoms with Crippen molar-refractivity contribution in [3.8, 4) is 11.3 Å². The van der Waals surface area contributed by atoms with Crippen molar-refractivity contribution in [2.45, 2.75) is 50.9 Å². The minimum Gasteiger partial charge on any atom is -0.326 e. The zero-order valence-electron chi connectivity index (χ0n) is 16.6. The second kappa shape index (κ2) is 6.85. The third-order valence-electron chi connectivity index (χ3n) is 7.27. The highest BCUT2D eigenvalue weighted by Crippen LogP contribution is 2.60. The number of carbonyl (C=O) groups is 1. The molecule has 4 nitrogen and oxygen atoms in total. The molecule has 4 aliphatic carbocycles. The number of rotatable bonds is 3. The molecular formula is C23H26ClN3OS. The van der Waals surface area contributed by atoms with Crippen molar-refractivity contribution in [3.63, 3.8) is 0 Å². The maximum atomic E-state index is 11.4. The molecule has 7 rings (SSSR count). The van der Waals surface area contributed by atoms with Crippen molar-refractivity contribution in [2.24, 2.45) is 17.8 Å². The minimum atomic E-state index is -0.0423. The first-order valence-corrected chi connectivity index (χ1v) is 11.3. The number of thiazole rings is 1. The van der Waals surface area contributed by atoms with Crippen LogP contribution in [-0.2, 0) is 10.2 Å². The lowest BCUT2D eigenvalue weighted by molar-refractivity contribution is -0.114. The second-order valence-corrected chi connectivity index (χ2v) is 10.2. The first-order valence-electron chi connectivity index (χ1n) is 10.4. The van der Waals surface area contributed by atoms with Gasteiger partial charge < -0.3 is 5.32 Å². The van der Waals surface area contributed by atoms with Gasteiger partial charge in [0.1, 0.15) is 0 Å². The van der Waals surface area contributed by atoms with E-state index in [0.717, 1.165) is 39.7 Å². The molecular weight excluding hydrogens is 402 g/mol. The molecule has 4 fully saturated rings. The number of nitrogens with zero attached hydrogens (tertiary/aromatic N) is 2. The standard InChI is InChI=1S/C23H25N3OS.ClH/c1-14(27)24-19-4-2-3-18(8-19)20-13-28-22-25-21(12-26(20)22)23-9-15-5-16(10-23)7-17(6-15)11-23;/h2-4,8,12-13,15-17H,5-7,9-11H2,1H3,(H,24,27);1H. The first kappa shape index (κ1) is 19.1. The molecule has 6 heteroatoms. The Bertz CT molecular complexity index is 1050. The van der Waals surface area contributed by atoms with E-state index in [1.54, 1.807) is 18.3 Å². The summed E-state index contributed by atoms with van der Waals surface area (Å²) in [4.78, 5) is 17.6. The van der Waals surface area contributed by atoms with Gasteiger partial charge in [-0.25, -0.2) is 4.98 Å². The average molecular weight is 428 g/mol. The van der Waals surface area contributed by atoms with Crippen molar-refractivity contribution >= 4 is 40.3 Å². The number of benzene rings is 1. The van der Waals surface area contributed by atoms with Crippen LogP contribution in [-0.4, -0.2) is 15.3 Å². The van der Waals surface area contributed by atoms with Crippen LogP contribution in [0.15, 0.2) is 35.8 Å². The van der Waals surface area contributed by atoms with Crippen LogP contribution in [0.3, 0.4) is 0 Å². The highest BCUT2D eigenvalue weighted by molar-refractivity contribution is 7.15. The van der Waals surface area contributed by atoms with Gasteiger partial charge in [0.25, 0.3) is 0 Å². The third-order valence-corrected chi connectivity index (χ3v) is 8.11. The summed E-state index contributed by atoms with van der Waals surface area (Å²) in [5, 5.41) is 5.07. The number of fused-ring (bicyclic) bond motifs is 1. The fourth-order valence-corrected chi connectivity index (χ4v) is 7.51. The van der Waals surface area contributed by atoms with E-state index in [-0.39, 0.29) is 18.3 Å². The number of halogens is 1. The van der Waals surface area contributed by atoms with Crippen LogP contribution in [0, 0.1) is 17.8 Å². The van der Waals surface area contributed by atoms with Crippen LogP contribution < -0.4 is 5.32 Å². The Hall–Kier alpha value is -1.85. The number of hydrogen-bond donors (Lipinski definition) is 1. The zero-order valence-corrected chi connectivity index (χ0v) is 18.2. The Labute approximate surface area is 181 Å². The van der Waals surface area contributed by atoms with Gasteiger partial charge in [0.2, 0.25) is 5.91 Å². The van der Waals surface area contributed by atoms with Crippen LogP contribution in [0.4, 0.5) is 5.69 Å². The van der Waals surface area contributed by atoms with Gasteiger partial charge in [0.15, 0.2) is 4.96 Å². The van der Waals surface area contributed by atoms with Crippen molar-refractivity contribution in [1.29, 1.82) is 0 Å². The van der Waals surface area contributed by atoms with Crippen LogP contribution in [0.1, 0.15) is 51.1 Å². The normalized spacial score (nSPS) is 29.8. The molecule has 0 spiro atoms. The summed E-state index contributed by atoms with van der Waals surface area (Å²) >= 11 is 1.72. The summed E-state index contributed by atoms with van der Waals surface area (Å²) in [7, 11) is 0. The molecule has 0 aliphatic heterocycles. The van der Waals surface area contributed by atoms with Crippen molar-refractivity contribution < 1.29 is 4.79 Å². The smallest absolute Gasteiger partial charge is 0.221 e. The minimum absolute atomic E-state index is 0. The van der Waals surface area contributed by atoms with Crippen molar-refractivity contribution in [3.05, 3.63) is 41.5 Å². The lowest BCUT2D eigenvalue weighted by Gasteiger charge is -2.56. The van der Waals surface area contributed by atoms with E-state index in [9.17, 15) is 4.79 Å². The Kier molecular flexibility index (Phi) is 4.52. The van der Waals surface area contributed by atoms with E-state index in [1.165, 1.54) is 44.2 Å². The Balaban J connectivity index is 0.00000181. The molecule has 4 bridgehead atoms. The molecule has 2 heterocycles. The van der Waals surface area contributed by atoms with E-state index < -0.39 is 0 Å². The third kappa shape index (κ3) is 3.10. The van der Waals surface area contributed by atoms with Gasteiger partial charge in [-0.05, 0) is 68.4 Å². The number of aromatic nitrogens is 2. The Morgan fingerprint density at radius 1 is 1.17 bits per heavy atom. The molecule has 0 atom stereocenters. The van der Waals surface area contributed by atoms with Gasteiger partial charge in [0.05, 0.1) is 11.4 Å². The molecule has 1 aromatic carbocycles. The second-order valence-electron chi connectivity index (χ2n) is 9.36. The highest BCUT2D eigenvalue weighted by Gasteiger charge is 2.52. The molecule has 1 amide bonds. The lowest BCUT2D eigenvalue weighted by Crippen LogP contribution is -2.48. The van der Waals surface area contributed by atoms with Crippen LogP contribution >= 0.6 is 23.7 Å². The van der Waals surface area contributed by atoms with Gasteiger partial charge in [-0.1, -0.05) is 12.1 Å². The maximum absolute atomic E-state index is 11.4.